The molecule has 2 aliphatic carbocycles. The molecule has 3 fully saturated rings. The first-order chi connectivity index (χ1) is 9.32. The summed E-state index contributed by atoms with van der Waals surface area (Å²) >= 11 is 0. The number of aliphatic hydroxyl groups excluding tert-OH is 1. The van der Waals surface area contributed by atoms with E-state index < -0.39 is 0 Å². The van der Waals surface area contributed by atoms with Gasteiger partial charge in [-0.1, -0.05) is 0 Å². The van der Waals surface area contributed by atoms with Crippen molar-refractivity contribution in [3.8, 4) is 0 Å². The van der Waals surface area contributed by atoms with Crippen molar-refractivity contribution in [2.24, 2.45) is 5.92 Å². The summed E-state index contributed by atoms with van der Waals surface area (Å²) in [6.07, 6.45) is 8.77. The Balaban J connectivity index is 1.46. The zero-order chi connectivity index (χ0) is 13.1. The maximum absolute atomic E-state index is 9.83. The zero-order valence-corrected chi connectivity index (χ0v) is 11.8. The summed E-state index contributed by atoms with van der Waals surface area (Å²) in [5, 5.41) is 13.5. The van der Waals surface area contributed by atoms with E-state index in [-0.39, 0.29) is 18.2 Å². The third-order valence-electron chi connectivity index (χ3n) is 4.65. The molecule has 3 aliphatic rings. The highest BCUT2D eigenvalue weighted by molar-refractivity contribution is 5.04. The minimum Gasteiger partial charge on any atom is -0.394 e. The summed E-state index contributed by atoms with van der Waals surface area (Å²) in [4.78, 5) is 0. The number of rotatable bonds is 8. The molecule has 2 atom stereocenters. The van der Waals surface area contributed by atoms with Crippen LogP contribution in [0, 0.1) is 5.92 Å². The van der Waals surface area contributed by atoms with Crippen LogP contribution in [0.5, 0.6) is 0 Å². The molecule has 19 heavy (non-hydrogen) atoms. The van der Waals surface area contributed by atoms with Crippen LogP contribution in [0.3, 0.4) is 0 Å². The average molecular weight is 269 g/mol. The molecule has 0 spiro atoms. The van der Waals surface area contributed by atoms with Crippen LogP contribution in [0.15, 0.2) is 0 Å². The second-order valence-corrected chi connectivity index (χ2v) is 6.51. The topological polar surface area (TPSA) is 50.7 Å². The van der Waals surface area contributed by atoms with Crippen molar-refractivity contribution in [3.05, 3.63) is 0 Å². The number of hydrogen-bond acceptors (Lipinski definition) is 4. The molecule has 2 N–H and O–H groups in total. The first-order valence-electron chi connectivity index (χ1n) is 7.90. The first-order valence-corrected chi connectivity index (χ1v) is 7.90. The van der Waals surface area contributed by atoms with Crippen molar-refractivity contribution in [2.45, 2.75) is 62.6 Å². The Morgan fingerprint density at radius 2 is 2.00 bits per heavy atom. The largest absolute Gasteiger partial charge is 0.394 e. The summed E-state index contributed by atoms with van der Waals surface area (Å²) in [6.45, 7) is 2.38. The highest BCUT2D eigenvalue weighted by Crippen LogP contribution is 2.41. The number of hydrogen-bond donors (Lipinski definition) is 2. The number of nitrogens with one attached hydrogen (secondary N) is 1. The maximum Gasteiger partial charge on any atom is 0.0808 e. The summed E-state index contributed by atoms with van der Waals surface area (Å²) in [5.74, 6) is 0.602. The monoisotopic (exact) mass is 269 g/mol. The highest BCUT2D eigenvalue weighted by atomic mass is 16.5. The van der Waals surface area contributed by atoms with Gasteiger partial charge in [0, 0.05) is 12.6 Å². The van der Waals surface area contributed by atoms with Crippen LogP contribution >= 0.6 is 0 Å². The van der Waals surface area contributed by atoms with Gasteiger partial charge in [0.1, 0.15) is 0 Å². The van der Waals surface area contributed by atoms with E-state index in [1.165, 1.54) is 38.5 Å². The lowest BCUT2D eigenvalue weighted by atomic mass is 9.95. The van der Waals surface area contributed by atoms with Gasteiger partial charge in [0.2, 0.25) is 0 Å². The van der Waals surface area contributed by atoms with Gasteiger partial charge in [0.05, 0.1) is 31.5 Å². The van der Waals surface area contributed by atoms with E-state index in [9.17, 15) is 5.11 Å². The molecule has 1 heterocycles. The van der Waals surface area contributed by atoms with Gasteiger partial charge in [-0.15, -0.1) is 0 Å². The van der Waals surface area contributed by atoms with Crippen LogP contribution in [0.4, 0.5) is 0 Å². The van der Waals surface area contributed by atoms with Crippen LogP contribution < -0.4 is 5.32 Å². The van der Waals surface area contributed by atoms with E-state index in [1.807, 2.05) is 0 Å². The van der Waals surface area contributed by atoms with E-state index in [4.69, 9.17) is 9.47 Å². The van der Waals surface area contributed by atoms with E-state index >= 15 is 0 Å². The average Bonchev–Trinajstić information content (AvgIpc) is 3.31. The van der Waals surface area contributed by atoms with Crippen molar-refractivity contribution in [3.63, 3.8) is 0 Å². The molecular weight excluding hydrogens is 242 g/mol. The third-order valence-corrected chi connectivity index (χ3v) is 4.65. The lowest BCUT2D eigenvalue weighted by Crippen LogP contribution is -2.55. The molecule has 3 rings (SSSR count). The zero-order valence-electron chi connectivity index (χ0n) is 11.8. The molecule has 0 aromatic carbocycles. The van der Waals surface area contributed by atoms with Gasteiger partial charge in [0.25, 0.3) is 0 Å². The molecule has 0 radical (unpaired) electrons. The van der Waals surface area contributed by atoms with Gasteiger partial charge in [-0.2, -0.15) is 0 Å². The molecular formula is C15H27NO3. The smallest absolute Gasteiger partial charge is 0.0808 e. The highest BCUT2D eigenvalue weighted by Gasteiger charge is 2.47. The quantitative estimate of drug-likeness (QED) is 0.700. The Bertz CT molecular complexity index is 285. The van der Waals surface area contributed by atoms with Crippen LogP contribution in [0.25, 0.3) is 0 Å². The van der Waals surface area contributed by atoms with E-state index in [1.54, 1.807) is 0 Å². The van der Waals surface area contributed by atoms with Gasteiger partial charge in [-0.3, -0.25) is 0 Å². The van der Waals surface area contributed by atoms with Gasteiger partial charge in [-0.05, 0) is 50.9 Å². The van der Waals surface area contributed by atoms with Crippen molar-refractivity contribution >= 4 is 0 Å². The van der Waals surface area contributed by atoms with E-state index in [2.05, 4.69) is 5.32 Å². The molecule has 4 nitrogen and oxygen atoms in total. The van der Waals surface area contributed by atoms with Crippen molar-refractivity contribution in [1.82, 2.24) is 5.32 Å². The standard InChI is InChI=1S/C15H27NO3/c17-10-15(12-4-5-12,16-13-6-7-13)11-18-9-14-3-1-2-8-19-14/h12-14,16-17H,1-11H2. The molecule has 110 valence electrons. The number of aliphatic hydroxyl groups is 1. The van der Waals surface area contributed by atoms with Crippen LogP contribution in [-0.4, -0.2) is 49.2 Å². The van der Waals surface area contributed by atoms with Gasteiger partial charge in [-0.25, -0.2) is 0 Å². The fourth-order valence-corrected chi connectivity index (χ4v) is 3.08. The minimum absolute atomic E-state index is 0.185. The van der Waals surface area contributed by atoms with Crippen molar-refractivity contribution in [2.75, 3.05) is 26.4 Å². The molecule has 2 unspecified atom stereocenters. The second kappa shape index (κ2) is 6.08. The normalized spacial score (nSPS) is 31.1. The minimum atomic E-state index is -0.185. The van der Waals surface area contributed by atoms with Crippen molar-refractivity contribution in [1.29, 1.82) is 0 Å². The number of ether oxygens (including phenoxy) is 2. The molecule has 1 aliphatic heterocycles. The van der Waals surface area contributed by atoms with Gasteiger partial charge in [0.15, 0.2) is 0 Å². The van der Waals surface area contributed by atoms with Crippen LogP contribution in [0.1, 0.15) is 44.9 Å². The Labute approximate surface area is 115 Å². The fraction of sp³-hybridized carbons (Fsp3) is 1.00. The van der Waals surface area contributed by atoms with E-state index in [0.29, 0.717) is 25.2 Å². The summed E-state index contributed by atoms with van der Waals surface area (Å²) in [5.41, 5.74) is -0.185. The molecule has 0 aromatic heterocycles. The Kier molecular flexibility index (Phi) is 4.42. The van der Waals surface area contributed by atoms with Crippen LogP contribution in [-0.2, 0) is 9.47 Å². The Morgan fingerprint density at radius 3 is 2.58 bits per heavy atom. The SMILES string of the molecule is OCC(COCC1CCCCO1)(NC1CC1)C1CC1. The molecule has 2 saturated carbocycles. The van der Waals surface area contributed by atoms with Crippen molar-refractivity contribution < 1.29 is 14.6 Å². The van der Waals surface area contributed by atoms with Gasteiger partial charge >= 0.3 is 0 Å². The Hall–Kier alpha value is -0.160. The summed E-state index contributed by atoms with van der Waals surface area (Å²) < 4.78 is 11.6. The maximum atomic E-state index is 9.83. The third kappa shape index (κ3) is 3.69. The fourth-order valence-electron chi connectivity index (χ4n) is 3.08. The lowest BCUT2D eigenvalue weighted by Gasteiger charge is -2.34. The molecule has 1 saturated heterocycles. The summed E-state index contributed by atoms with van der Waals surface area (Å²) in [6, 6.07) is 0.613. The lowest BCUT2D eigenvalue weighted by molar-refractivity contribution is -0.0606. The van der Waals surface area contributed by atoms with E-state index in [0.717, 1.165) is 13.0 Å². The first kappa shape index (κ1) is 13.8. The molecule has 0 amide bonds. The molecule has 0 bridgehead atoms. The predicted octanol–water partition coefficient (Wildman–Crippen LogP) is 1.47. The molecule has 0 aromatic rings. The molecule has 4 heteroatoms. The van der Waals surface area contributed by atoms with Crippen LogP contribution in [0.2, 0.25) is 0 Å². The van der Waals surface area contributed by atoms with Gasteiger partial charge < -0.3 is 19.9 Å². The Morgan fingerprint density at radius 1 is 1.16 bits per heavy atom. The second-order valence-electron chi connectivity index (χ2n) is 6.51. The predicted molar refractivity (Wildman–Crippen MR) is 73.1 cm³/mol. The summed E-state index contributed by atoms with van der Waals surface area (Å²) in [7, 11) is 0.